The van der Waals surface area contributed by atoms with Crippen molar-refractivity contribution in [1.82, 2.24) is 0 Å². The molecule has 1 atom stereocenters. The van der Waals surface area contributed by atoms with E-state index in [4.69, 9.17) is 4.42 Å². The van der Waals surface area contributed by atoms with Crippen molar-refractivity contribution >= 4 is 11.0 Å². The van der Waals surface area contributed by atoms with Crippen molar-refractivity contribution in [3.63, 3.8) is 0 Å². The van der Waals surface area contributed by atoms with E-state index in [2.05, 4.69) is 76.6 Å². The van der Waals surface area contributed by atoms with E-state index in [-0.39, 0.29) is 5.63 Å². The molecule has 3 aromatic rings. The summed E-state index contributed by atoms with van der Waals surface area (Å²) in [5.74, 6) is 0.441. The van der Waals surface area contributed by atoms with Gasteiger partial charge in [0.05, 0.1) is 14.1 Å². The third-order valence-electron chi connectivity index (χ3n) is 5.80. The van der Waals surface area contributed by atoms with Crippen molar-refractivity contribution in [2.45, 2.75) is 45.7 Å². The van der Waals surface area contributed by atoms with Gasteiger partial charge in [-0.2, -0.15) is 0 Å². The number of benzene rings is 2. The Kier molecular flexibility index (Phi) is 6.88. The minimum absolute atomic E-state index is 0.267. The first-order valence-electron chi connectivity index (χ1n) is 10.6. The minimum atomic E-state index is -0.267. The summed E-state index contributed by atoms with van der Waals surface area (Å²) in [6, 6.07) is 17.0. The molecule has 0 aliphatic heterocycles. The number of quaternary nitrogens is 2. The first kappa shape index (κ1) is 21.3. The Morgan fingerprint density at radius 3 is 2.45 bits per heavy atom. The van der Waals surface area contributed by atoms with Crippen LogP contribution in [0.4, 0.5) is 0 Å². The molecule has 1 heterocycles. The quantitative estimate of drug-likeness (QED) is 0.575. The maximum absolute atomic E-state index is 12.1. The molecule has 0 amide bonds. The predicted molar refractivity (Wildman–Crippen MR) is 119 cm³/mol. The molecule has 0 radical (unpaired) electrons. The molecule has 2 aromatic carbocycles. The molecule has 4 nitrogen and oxygen atoms in total. The molecule has 154 valence electrons. The van der Waals surface area contributed by atoms with Crippen LogP contribution in [-0.2, 0) is 13.0 Å². The second-order valence-corrected chi connectivity index (χ2v) is 8.64. The first-order chi connectivity index (χ1) is 13.8. The van der Waals surface area contributed by atoms with Gasteiger partial charge in [-0.3, -0.25) is 0 Å². The lowest BCUT2D eigenvalue weighted by atomic mass is 9.95. The number of rotatable bonds is 8. The van der Waals surface area contributed by atoms with E-state index in [1.54, 1.807) is 6.07 Å². The van der Waals surface area contributed by atoms with E-state index in [0.29, 0.717) is 17.5 Å². The highest BCUT2D eigenvalue weighted by atomic mass is 16.4. The molecule has 0 aliphatic carbocycles. The second-order valence-electron chi connectivity index (χ2n) is 8.64. The fourth-order valence-electron chi connectivity index (χ4n) is 4.04. The summed E-state index contributed by atoms with van der Waals surface area (Å²) in [6.07, 6.45) is 1.05. The Labute approximate surface area is 173 Å². The fourth-order valence-corrected chi connectivity index (χ4v) is 4.04. The molecule has 29 heavy (non-hydrogen) atoms. The van der Waals surface area contributed by atoms with Crippen LogP contribution < -0.4 is 15.8 Å². The Balaban J connectivity index is 1.78. The third-order valence-corrected chi connectivity index (χ3v) is 5.80. The molecule has 0 spiro atoms. The highest BCUT2D eigenvalue weighted by Crippen LogP contribution is 2.26. The van der Waals surface area contributed by atoms with Crippen molar-refractivity contribution in [2.24, 2.45) is 0 Å². The second kappa shape index (κ2) is 9.38. The zero-order valence-corrected chi connectivity index (χ0v) is 18.3. The van der Waals surface area contributed by atoms with Crippen LogP contribution in [0.15, 0.2) is 57.7 Å². The highest BCUT2D eigenvalue weighted by molar-refractivity contribution is 5.82. The number of likely N-dealkylation sites (N-methyl/N-ethyl adjacent to an activating group) is 1. The van der Waals surface area contributed by atoms with Gasteiger partial charge in [0.2, 0.25) is 0 Å². The van der Waals surface area contributed by atoms with Crippen molar-refractivity contribution in [1.29, 1.82) is 0 Å². The molecule has 0 fully saturated rings. The van der Waals surface area contributed by atoms with Crippen molar-refractivity contribution in [3.8, 4) is 0 Å². The van der Waals surface area contributed by atoms with Crippen LogP contribution in [0.25, 0.3) is 11.0 Å². The number of aryl methyl sites for hydroxylation is 1. The van der Waals surface area contributed by atoms with Crippen LogP contribution in [0.3, 0.4) is 0 Å². The van der Waals surface area contributed by atoms with Crippen molar-refractivity contribution < 1.29 is 14.6 Å². The van der Waals surface area contributed by atoms with E-state index in [0.717, 1.165) is 30.5 Å². The minimum Gasteiger partial charge on any atom is -0.423 e. The average Bonchev–Trinajstić information content (AvgIpc) is 2.66. The zero-order valence-electron chi connectivity index (χ0n) is 18.3. The monoisotopic (exact) mass is 394 g/mol. The summed E-state index contributed by atoms with van der Waals surface area (Å²) in [6.45, 7) is 8.27. The maximum Gasteiger partial charge on any atom is 0.336 e. The van der Waals surface area contributed by atoms with Gasteiger partial charge in [-0.15, -0.1) is 0 Å². The lowest BCUT2D eigenvalue weighted by Crippen LogP contribution is -3.14. The Bertz CT molecular complexity index is 1010. The van der Waals surface area contributed by atoms with E-state index in [1.807, 2.05) is 6.07 Å². The average molecular weight is 395 g/mol. The summed E-state index contributed by atoms with van der Waals surface area (Å²) in [7, 11) is 4.43. The zero-order chi connectivity index (χ0) is 21.0. The summed E-state index contributed by atoms with van der Waals surface area (Å²) < 4.78 is 5.49. The van der Waals surface area contributed by atoms with Gasteiger partial charge in [0.15, 0.2) is 0 Å². The normalized spacial score (nSPS) is 12.8. The molecule has 1 aromatic heterocycles. The molecule has 0 saturated heterocycles. The van der Waals surface area contributed by atoms with Gasteiger partial charge in [0.25, 0.3) is 0 Å². The molecular formula is C25H34N2O2+2. The van der Waals surface area contributed by atoms with Crippen molar-refractivity contribution in [2.75, 3.05) is 20.6 Å². The van der Waals surface area contributed by atoms with Crippen LogP contribution in [-0.4, -0.2) is 26.7 Å². The summed E-state index contributed by atoms with van der Waals surface area (Å²) in [4.78, 5) is 13.5. The van der Waals surface area contributed by atoms with Crippen LogP contribution in [0, 0.1) is 6.92 Å². The number of nitrogens with one attached hydrogen (secondary N) is 1. The lowest BCUT2D eigenvalue weighted by molar-refractivity contribution is -0.903. The van der Waals surface area contributed by atoms with E-state index < -0.39 is 0 Å². The number of hydrogen-bond acceptors (Lipinski definition) is 2. The Morgan fingerprint density at radius 1 is 1.07 bits per heavy atom. The lowest BCUT2D eigenvalue weighted by Gasteiger charge is -2.20. The van der Waals surface area contributed by atoms with Crippen molar-refractivity contribution in [3.05, 3.63) is 81.2 Å². The molecule has 0 aliphatic rings. The molecule has 0 bridgehead atoms. The molecule has 0 saturated carbocycles. The van der Waals surface area contributed by atoms with E-state index in [1.165, 1.54) is 21.6 Å². The molecule has 3 rings (SSSR count). The van der Waals surface area contributed by atoms with Gasteiger partial charge >= 0.3 is 5.63 Å². The highest BCUT2D eigenvalue weighted by Gasteiger charge is 2.19. The van der Waals surface area contributed by atoms with Gasteiger partial charge in [0, 0.05) is 23.4 Å². The Hall–Kier alpha value is -2.43. The van der Waals surface area contributed by atoms with Gasteiger partial charge in [0.1, 0.15) is 24.7 Å². The van der Waals surface area contributed by atoms with E-state index in [9.17, 15) is 4.79 Å². The number of hydrogen-bond donors (Lipinski definition) is 2. The summed E-state index contributed by atoms with van der Waals surface area (Å²) in [5.41, 5.74) is 5.35. The summed E-state index contributed by atoms with van der Waals surface area (Å²) >= 11 is 0. The molecular weight excluding hydrogens is 360 g/mol. The van der Waals surface area contributed by atoms with E-state index >= 15 is 0 Å². The Morgan fingerprint density at radius 2 is 1.79 bits per heavy atom. The van der Waals surface area contributed by atoms with Crippen LogP contribution >= 0.6 is 0 Å². The van der Waals surface area contributed by atoms with Crippen LogP contribution in [0.2, 0.25) is 0 Å². The van der Waals surface area contributed by atoms with Crippen LogP contribution in [0.1, 0.15) is 42.0 Å². The standard InChI is InChI=1S/C25H32N2O2/c1-17(2)22-14-23-20(13-25(28)29-24(23)11-18(22)3)15-26-16-21(27(4)5)12-19-9-7-6-8-10-19/h6-11,13-14,17,21,26H,12,15-16H2,1-5H3/p+2/t21-/m0/s1. The predicted octanol–water partition coefficient (Wildman–Crippen LogP) is 2.04. The maximum atomic E-state index is 12.1. The third kappa shape index (κ3) is 5.34. The SMILES string of the molecule is Cc1cc2oc(=O)cc(C[NH2+]C[C@H](Cc3ccccc3)[NH+](C)C)c2cc1C(C)C. The summed E-state index contributed by atoms with van der Waals surface area (Å²) in [5, 5.41) is 3.39. The van der Waals surface area contributed by atoms with Gasteiger partial charge < -0.3 is 14.6 Å². The fraction of sp³-hybridized carbons (Fsp3) is 0.400. The van der Waals surface area contributed by atoms with Gasteiger partial charge in [-0.25, -0.2) is 4.79 Å². The van der Waals surface area contributed by atoms with Gasteiger partial charge in [-0.1, -0.05) is 44.2 Å². The smallest absolute Gasteiger partial charge is 0.336 e. The molecule has 3 N–H and O–H groups in total. The largest absolute Gasteiger partial charge is 0.423 e. The molecule has 4 heteroatoms. The molecule has 0 unspecified atom stereocenters. The topological polar surface area (TPSA) is 51.3 Å². The number of fused-ring (bicyclic) bond motifs is 1. The first-order valence-corrected chi connectivity index (χ1v) is 10.6. The number of nitrogens with two attached hydrogens (primary N) is 1. The van der Waals surface area contributed by atoms with Crippen LogP contribution in [0.5, 0.6) is 0 Å². The van der Waals surface area contributed by atoms with Gasteiger partial charge in [-0.05, 0) is 41.7 Å².